The van der Waals surface area contributed by atoms with Crippen molar-refractivity contribution in [3.63, 3.8) is 0 Å². The van der Waals surface area contributed by atoms with Crippen molar-refractivity contribution in [2.45, 2.75) is 33.1 Å². The number of fused-ring (bicyclic) bond motifs is 3. The lowest BCUT2D eigenvalue weighted by atomic mass is 9.70. The first kappa shape index (κ1) is 26.1. The number of aromatic hydroxyl groups is 2. The number of carboxylic acid groups (broad SMARTS) is 1. The van der Waals surface area contributed by atoms with Gasteiger partial charge in [0.15, 0.2) is 17.3 Å². The molecule has 2 aliphatic rings. The van der Waals surface area contributed by atoms with Gasteiger partial charge in [0.25, 0.3) is 0 Å². The third-order valence-electron chi connectivity index (χ3n) is 6.67. The summed E-state index contributed by atoms with van der Waals surface area (Å²) in [7, 11) is 0. The number of carboxylic acids is 1. The molecule has 196 valence electrons. The molecule has 5 N–H and O–H groups in total. The van der Waals surface area contributed by atoms with Gasteiger partial charge in [-0.15, -0.1) is 0 Å². The Labute approximate surface area is 216 Å². The molecule has 2 aromatic rings. The molecule has 38 heavy (non-hydrogen) atoms. The number of ketones is 3. The number of carbonyl (C=O) groups is 5. The maximum atomic E-state index is 13.8. The van der Waals surface area contributed by atoms with E-state index < -0.39 is 46.1 Å². The Balaban J connectivity index is 1.65. The molecule has 1 aliphatic carbocycles. The van der Waals surface area contributed by atoms with Crippen LogP contribution in [-0.4, -0.2) is 51.1 Å². The van der Waals surface area contributed by atoms with E-state index in [9.17, 15) is 34.2 Å². The van der Waals surface area contributed by atoms with E-state index in [4.69, 9.17) is 9.84 Å². The second-order valence-corrected chi connectivity index (χ2v) is 9.17. The summed E-state index contributed by atoms with van der Waals surface area (Å²) >= 11 is 0. The van der Waals surface area contributed by atoms with Gasteiger partial charge in [-0.25, -0.2) is 4.79 Å². The summed E-state index contributed by atoms with van der Waals surface area (Å²) in [6, 6.07) is 5.64. The maximum Gasteiger partial charge on any atom is 0.335 e. The minimum Gasteiger partial charge on any atom is -0.507 e. The molecule has 2 aromatic carbocycles. The summed E-state index contributed by atoms with van der Waals surface area (Å²) in [5.74, 6) is -4.92. The molecule has 0 saturated heterocycles. The van der Waals surface area contributed by atoms with Gasteiger partial charge in [-0.2, -0.15) is 0 Å². The van der Waals surface area contributed by atoms with Gasteiger partial charge in [-0.3, -0.25) is 19.2 Å². The largest absolute Gasteiger partial charge is 0.507 e. The summed E-state index contributed by atoms with van der Waals surface area (Å²) in [5.41, 5.74) is -1.89. The zero-order chi connectivity index (χ0) is 28.1. The van der Waals surface area contributed by atoms with Crippen molar-refractivity contribution in [2.75, 3.05) is 11.9 Å². The minimum absolute atomic E-state index is 0.0119. The molecule has 0 saturated carbocycles. The van der Waals surface area contributed by atoms with E-state index in [0.29, 0.717) is 0 Å². The lowest BCUT2D eigenvalue weighted by Crippen LogP contribution is -2.41. The van der Waals surface area contributed by atoms with Gasteiger partial charge in [0.1, 0.15) is 34.0 Å². The quantitative estimate of drug-likeness (QED) is 0.216. The highest BCUT2D eigenvalue weighted by molar-refractivity contribution is 6.31. The molecule has 0 spiro atoms. The number of rotatable bonds is 6. The van der Waals surface area contributed by atoms with Crippen molar-refractivity contribution in [3.05, 3.63) is 69.6 Å². The molecule has 1 heterocycles. The summed E-state index contributed by atoms with van der Waals surface area (Å²) < 4.78 is 5.71. The summed E-state index contributed by atoms with van der Waals surface area (Å²) in [6.07, 6.45) is 1.08. The van der Waals surface area contributed by atoms with Crippen LogP contribution in [0.3, 0.4) is 0 Å². The molecule has 11 heteroatoms. The molecule has 1 aliphatic heterocycles. The average molecular weight is 520 g/mol. The second kappa shape index (κ2) is 9.18. The lowest BCUT2D eigenvalue weighted by Gasteiger charge is -2.29. The molecule has 11 nitrogen and oxygen atoms in total. The van der Waals surface area contributed by atoms with Gasteiger partial charge in [-0.1, -0.05) is 6.07 Å². The number of amides is 1. The Kier molecular flexibility index (Phi) is 6.32. The maximum absolute atomic E-state index is 13.8. The smallest absolute Gasteiger partial charge is 0.335 e. The molecular weight excluding hydrogens is 496 g/mol. The number of phenolic OH excluding ortho intramolecular Hbond substituents is 2. The number of allylic oxidation sites excluding steroid dienone is 4. The standard InChI is InChI=1S/C27H24N2O9/c1-11-22(33)20(13(3)30)24-21(23(11)34)27(4)17(38-24)9-16(31)19(25(27)35)12(2)28-10-18(32)29-15-7-5-6-14(8-15)26(36)37/h5-9,28,33-34H,10H2,1-4H3,(H,29,32)(H,36,37). The molecule has 0 fully saturated rings. The minimum atomic E-state index is -1.67. The lowest BCUT2D eigenvalue weighted by molar-refractivity contribution is -0.124. The second-order valence-electron chi connectivity index (χ2n) is 9.17. The highest BCUT2D eigenvalue weighted by atomic mass is 16.5. The van der Waals surface area contributed by atoms with Crippen LogP contribution in [0.5, 0.6) is 17.2 Å². The van der Waals surface area contributed by atoms with Gasteiger partial charge in [0, 0.05) is 23.0 Å². The zero-order valence-corrected chi connectivity index (χ0v) is 20.9. The van der Waals surface area contributed by atoms with Crippen molar-refractivity contribution in [2.24, 2.45) is 0 Å². The number of hydrogen-bond donors (Lipinski definition) is 5. The number of aromatic carboxylic acids is 1. The first-order valence-corrected chi connectivity index (χ1v) is 11.5. The van der Waals surface area contributed by atoms with Gasteiger partial charge in [0.2, 0.25) is 5.91 Å². The van der Waals surface area contributed by atoms with Gasteiger partial charge in [0.05, 0.1) is 23.2 Å². The fourth-order valence-electron chi connectivity index (χ4n) is 4.60. The van der Waals surface area contributed by atoms with Crippen molar-refractivity contribution in [3.8, 4) is 17.2 Å². The fourth-order valence-corrected chi connectivity index (χ4v) is 4.60. The molecule has 0 aromatic heterocycles. The monoisotopic (exact) mass is 520 g/mol. The first-order valence-electron chi connectivity index (χ1n) is 11.5. The number of carbonyl (C=O) groups excluding carboxylic acids is 4. The molecule has 0 bridgehead atoms. The number of ether oxygens (including phenoxy) is 1. The summed E-state index contributed by atoms with van der Waals surface area (Å²) in [4.78, 5) is 62.5. The molecule has 1 atom stereocenters. The summed E-state index contributed by atoms with van der Waals surface area (Å²) in [5, 5.41) is 35.7. The zero-order valence-electron chi connectivity index (χ0n) is 20.9. The van der Waals surface area contributed by atoms with E-state index in [1.54, 1.807) is 0 Å². The Morgan fingerprint density at radius 2 is 1.76 bits per heavy atom. The number of nitrogens with one attached hydrogen (secondary N) is 2. The van der Waals surface area contributed by atoms with Crippen LogP contribution in [0.25, 0.3) is 0 Å². The highest BCUT2D eigenvalue weighted by Gasteiger charge is 2.56. The van der Waals surface area contributed by atoms with Crippen LogP contribution in [0.4, 0.5) is 5.69 Å². The molecule has 4 rings (SSSR count). The van der Waals surface area contributed by atoms with Crippen LogP contribution in [0.15, 0.2) is 47.4 Å². The Morgan fingerprint density at radius 3 is 2.39 bits per heavy atom. The average Bonchev–Trinajstić information content (AvgIpc) is 3.14. The van der Waals surface area contributed by atoms with Crippen LogP contribution in [0.1, 0.15) is 52.6 Å². The van der Waals surface area contributed by atoms with E-state index in [0.717, 1.165) is 6.08 Å². The topological polar surface area (TPSA) is 179 Å². The number of benzene rings is 2. The van der Waals surface area contributed by atoms with Gasteiger partial charge < -0.3 is 30.7 Å². The fraction of sp³-hybridized carbons (Fsp3) is 0.222. The van der Waals surface area contributed by atoms with E-state index >= 15 is 0 Å². The Bertz CT molecular complexity index is 1530. The normalized spacial score (nSPS) is 19.1. The number of Topliss-reactive ketones (excluding diaryl/α,β-unsaturated/α-hetero) is 2. The van der Waals surface area contributed by atoms with E-state index in [1.165, 1.54) is 52.0 Å². The Morgan fingerprint density at radius 1 is 1.08 bits per heavy atom. The van der Waals surface area contributed by atoms with Crippen LogP contribution in [0.2, 0.25) is 0 Å². The first-order chi connectivity index (χ1) is 17.8. The van der Waals surface area contributed by atoms with Gasteiger partial charge >= 0.3 is 5.97 Å². The predicted molar refractivity (Wildman–Crippen MR) is 133 cm³/mol. The number of hydrogen-bond acceptors (Lipinski definition) is 9. The molecule has 1 amide bonds. The third kappa shape index (κ3) is 3.97. The van der Waals surface area contributed by atoms with Gasteiger partial charge in [-0.05, 0) is 45.9 Å². The highest BCUT2D eigenvalue weighted by Crippen LogP contribution is 2.57. The number of anilines is 1. The molecule has 0 radical (unpaired) electrons. The van der Waals surface area contributed by atoms with Crippen molar-refractivity contribution in [1.82, 2.24) is 5.32 Å². The van der Waals surface area contributed by atoms with Crippen molar-refractivity contribution < 1.29 is 44.0 Å². The van der Waals surface area contributed by atoms with Crippen molar-refractivity contribution in [1.29, 1.82) is 0 Å². The van der Waals surface area contributed by atoms with Crippen LogP contribution >= 0.6 is 0 Å². The number of phenols is 2. The van der Waals surface area contributed by atoms with Crippen LogP contribution in [-0.2, 0) is 19.8 Å². The van der Waals surface area contributed by atoms with Crippen LogP contribution in [0, 0.1) is 6.92 Å². The molecular formula is C27H24N2O9. The van der Waals surface area contributed by atoms with Crippen LogP contribution < -0.4 is 15.4 Å². The van der Waals surface area contributed by atoms with Crippen molar-refractivity contribution >= 4 is 34.9 Å². The molecule has 1 unspecified atom stereocenters. The van der Waals surface area contributed by atoms with E-state index in [-0.39, 0.29) is 57.3 Å². The predicted octanol–water partition coefficient (Wildman–Crippen LogP) is 2.50. The SMILES string of the molecule is CC(=O)c1c(O)c(C)c(O)c2c1OC1=CC(=O)C(=C(C)NCC(=O)Nc3cccc(C(=O)O)c3)C(=O)C12C. The summed E-state index contributed by atoms with van der Waals surface area (Å²) in [6.45, 7) is 5.11. The van der Waals surface area contributed by atoms with E-state index in [1.807, 2.05) is 0 Å². The van der Waals surface area contributed by atoms with E-state index in [2.05, 4.69) is 10.6 Å². The third-order valence-corrected chi connectivity index (χ3v) is 6.67. The Hall–Kier alpha value is -4.93.